The van der Waals surface area contributed by atoms with E-state index < -0.39 is 0 Å². The van der Waals surface area contributed by atoms with Gasteiger partial charge in [-0.25, -0.2) is 0 Å². The van der Waals surface area contributed by atoms with Gasteiger partial charge in [0.1, 0.15) is 0 Å². The van der Waals surface area contributed by atoms with E-state index in [0.29, 0.717) is 5.02 Å². The highest BCUT2D eigenvalue weighted by Crippen LogP contribution is 2.28. The highest BCUT2D eigenvalue weighted by atomic mass is 79.9. The van der Waals surface area contributed by atoms with Crippen molar-refractivity contribution in [3.63, 3.8) is 0 Å². The molecule has 1 atom stereocenters. The molecule has 2 nitrogen and oxygen atoms in total. The van der Waals surface area contributed by atoms with Gasteiger partial charge in [-0.1, -0.05) is 39.7 Å². The molecule has 0 radical (unpaired) electrons. The second-order valence-electron chi connectivity index (χ2n) is 4.06. The Morgan fingerprint density at radius 2 is 1.95 bits per heavy atom. The minimum Gasteiger partial charge on any atom is -0.394 e. The lowest BCUT2D eigenvalue weighted by molar-refractivity contribution is 0.276. The van der Waals surface area contributed by atoms with E-state index in [1.807, 2.05) is 42.5 Å². The first-order valence-electron chi connectivity index (χ1n) is 5.68. The number of benzene rings is 2. The van der Waals surface area contributed by atoms with Crippen molar-refractivity contribution in [1.29, 1.82) is 0 Å². The van der Waals surface area contributed by atoms with Crippen LogP contribution in [0.25, 0.3) is 0 Å². The number of aliphatic hydroxyl groups is 1. The molecule has 0 saturated heterocycles. The molecule has 0 aliphatic heterocycles. The van der Waals surface area contributed by atoms with Crippen LogP contribution in [0, 0.1) is 0 Å². The number of hydrogen-bond acceptors (Lipinski definition) is 2. The second-order valence-corrected chi connectivity index (χ2v) is 6.24. The van der Waals surface area contributed by atoms with Crippen molar-refractivity contribution in [3.8, 4) is 0 Å². The zero-order valence-electron chi connectivity index (χ0n) is 9.91. The third kappa shape index (κ3) is 3.96. The monoisotopic (exact) mass is 403 g/mol. The molecule has 2 rings (SSSR count). The highest BCUT2D eigenvalue weighted by molar-refractivity contribution is 9.10. The average Bonchev–Trinajstić information content (AvgIpc) is 2.40. The maximum absolute atomic E-state index is 9.54. The molecule has 0 bridgehead atoms. The van der Waals surface area contributed by atoms with E-state index in [0.717, 1.165) is 20.2 Å². The summed E-state index contributed by atoms with van der Waals surface area (Å²) in [6, 6.07) is 13.3. The largest absolute Gasteiger partial charge is 0.394 e. The Bertz CT molecular complexity index is 577. The van der Waals surface area contributed by atoms with E-state index in [-0.39, 0.29) is 12.6 Å². The van der Waals surface area contributed by atoms with E-state index in [9.17, 15) is 5.11 Å². The zero-order valence-corrected chi connectivity index (χ0v) is 13.8. The lowest BCUT2D eigenvalue weighted by atomic mass is 10.1. The van der Waals surface area contributed by atoms with Crippen molar-refractivity contribution in [2.24, 2.45) is 0 Å². The van der Waals surface area contributed by atoms with Crippen molar-refractivity contribution in [2.75, 3.05) is 11.9 Å². The molecule has 100 valence electrons. The van der Waals surface area contributed by atoms with Crippen molar-refractivity contribution >= 4 is 49.1 Å². The average molecular weight is 406 g/mol. The summed E-state index contributed by atoms with van der Waals surface area (Å²) in [7, 11) is 0. The number of halogens is 3. The highest BCUT2D eigenvalue weighted by Gasteiger charge is 2.11. The molecule has 19 heavy (non-hydrogen) atoms. The van der Waals surface area contributed by atoms with Crippen LogP contribution in [0.15, 0.2) is 51.4 Å². The number of hydrogen-bond donors (Lipinski definition) is 2. The first-order chi connectivity index (χ1) is 9.10. The third-order valence-electron chi connectivity index (χ3n) is 2.69. The minimum absolute atomic E-state index is 0.0106. The molecule has 2 N–H and O–H groups in total. The lowest BCUT2D eigenvalue weighted by Gasteiger charge is -2.18. The van der Waals surface area contributed by atoms with Crippen LogP contribution in [-0.4, -0.2) is 11.7 Å². The first-order valence-corrected chi connectivity index (χ1v) is 7.64. The van der Waals surface area contributed by atoms with Crippen LogP contribution in [0.3, 0.4) is 0 Å². The zero-order chi connectivity index (χ0) is 13.8. The van der Waals surface area contributed by atoms with Crippen LogP contribution in [0.1, 0.15) is 11.6 Å². The molecular weight excluding hydrogens is 393 g/mol. The summed E-state index contributed by atoms with van der Waals surface area (Å²) in [6.45, 7) is 0.0106. The van der Waals surface area contributed by atoms with Crippen molar-refractivity contribution in [1.82, 2.24) is 0 Å². The van der Waals surface area contributed by atoms with E-state index in [4.69, 9.17) is 11.6 Å². The Morgan fingerprint density at radius 3 is 2.58 bits per heavy atom. The van der Waals surface area contributed by atoms with Gasteiger partial charge < -0.3 is 10.4 Å². The van der Waals surface area contributed by atoms with E-state index in [1.54, 1.807) is 0 Å². The summed E-state index contributed by atoms with van der Waals surface area (Å²) in [5.74, 6) is 0. The molecule has 0 saturated carbocycles. The molecule has 0 aliphatic carbocycles. The molecule has 0 aromatic heterocycles. The van der Waals surface area contributed by atoms with E-state index in [1.165, 1.54) is 0 Å². The summed E-state index contributed by atoms with van der Waals surface area (Å²) in [6.07, 6.45) is 0. The van der Waals surface area contributed by atoms with Crippen LogP contribution in [-0.2, 0) is 0 Å². The maximum atomic E-state index is 9.54. The fraction of sp³-hybridized carbons (Fsp3) is 0.143. The van der Waals surface area contributed by atoms with Crippen LogP contribution < -0.4 is 5.32 Å². The first kappa shape index (κ1) is 14.9. The van der Waals surface area contributed by atoms with Gasteiger partial charge in [-0.15, -0.1) is 0 Å². The van der Waals surface area contributed by atoms with Gasteiger partial charge >= 0.3 is 0 Å². The van der Waals surface area contributed by atoms with Gasteiger partial charge in [-0.2, -0.15) is 0 Å². The number of anilines is 1. The summed E-state index contributed by atoms with van der Waals surface area (Å²) in [4.78, 5) is 0. The molecule has 0 aliphatic rings. The number of nitrogens with one attached hydrogen (secondary N) is 1. The molecule has 2 aromatic carbocycles. The van der Waals surface area contributed by atoms with Crippen LogP contribution in [0.2, 0.25) is 5.02 Å². The molecular formula is C14H12Br2ClNO. The second kappa shape index (κ2) is 6.75. The van der Waals surface area contributed by atoms with Gasteiger partial charge in [0.15, 0.2) is 0 Å². The summed E-state index contributed by atoms with van der Waals surface area (Å²) in [5.41, 5.74) is 1.92. The normalized spacial score (nSPS) is 12.2. The van der Waals surface area contributed by atoms with Gasteiger partial charge in [0, 0.05) is 14.6 Å². The lowest BCUT2D eigenvalue weighted by Crippen LogP contribution is -2.14. The Labute approximate surface area is 134 Å². The SMILES string of the molecule is OCC(Nc1ccc(Cl)c(Br)c1)c1cccc(Br)c1. The van der Waals surface area contributed by atoms with Crippen molar-refractivity contribution in [3.05, 3.63) is 62.0 Å². The molecule has 0 heterocycles. The molecule has 5 heteroatoms. The fourth-order valence-corrected chi connectivity index (χ4v) is 2.66. The van der Waals surface area contributed by atoms with E-state index >= 15 is 0 Å². The maximum Gasteiger partial charge on any atom is 0.0745 e. The number of aliphatic hydroxyl groups excluding tert-OH is 1. The Kier molecular flexibility index (Phi) is 5.28. The van der Waals surface area contributed by atoms with Gasteiger partial charge in [0.05, 0.1) is 17.7 Å². The smallest absolute Gasteiger partial charge is 0.0745 e. The van der Waals surface area contributed by atoms with Gasteiger partial charge in [0.25, 0.3) is 0 Å². The molecule has 0 fully saturated rings. The quantitative estimate of drug-likeness (QED) is 0.749. The minimum atomic E-state index is -0.162. The van der Waals surface area contributed by atoms with Gasteiger partial charge in [-0.3, -0.25) is 0 Å². The Hall–Kier alpha value is -0.550. The molecule has 0 amide bonds. The molecule has 1 unspecified atom stereocenters. The predicted octanol–water partition coefficient (Wildman–Crippen LogP) is 5.01. The van der Waals surface area contributed by atoms with Crippen LogP contribution >= 0.6 is 43.5 Å². The van der Waals surface area contributed by atoms with Crippen LogP contribution in [0.4, 0.5) is 5.69 Å². The Balaban J connectivity index is 2.21. The van der Waals surface area contributed by atoms with Gasteiger partial charge in [-0.05, 0) is 51.8 Å². The van der Waals surface area contributed by atoms with Crippen molar-refractivity contribution < 1.29 is 5.11 Å². The third-order valence-corrected chi connectivity index (χ3v) is 4.40. The Morgan fingerprint density at radius 1 is 1.16 bits per heavy atom. The van der Waals surface area contributed by atoms with Crippen LogP contribution in [0.5, 0.6) is 0 Å². The standard InChI is InChI=1S/C14H12Br2ClNO/c15-10-3-1-2-9(6-10)14(8-19)18-11-4-5-13(17)12(16)7-11/h1-7,14,18-19H,8H2. The topological polar surface area (TPSA) is 32.3 Å². The van der Waals surface area contributed by atoms with E-state index in [2.05, 4.69) is 37.2 Å². The van der Waals surface area contributed by atoms with Crippen molar-refractivity contribution in [2.45, 2.75) is 6.04 Å². The number of rotatable bonds is 4. The molecule has 0 spiro atoms. The predicted molar refractivity (Wildman–Crippen MR) is 86.7 cm³/mol. The summed E-state index contributed by atoms with van der Waals surface area (Å²) >= 11 is 12.8. The van der Waals surface area contributed by atoms with Gasteiger partial charge in [0.2, 0.25) is 0 Å². The fourth-order valence-electron chi connectivity index (χ4n) is 1.74. The summed E-state index contributed by atoms with van der Waals surface area (Å²) < 4.78 is 1.81. The molecule has 2 aromatic rings. The summed E-state index contributed by atoms with van der Waals surface area (Å²) in [5, 5.41) is 13.5.